The highest BCUT2D eigenvalue weighted by atomic mass is 32.1. The third-order valence-corrected chi connectivity index (χ3v) is 13.4. The van der Waals surface area contributed by atoms with E-state index in [9.17, 15) is 0 Å². The molecule has 0 atom stereocenters. The van der Waals surface area contributed by atoms with E-state index in [1.807, 2.05) is 0 Å². The van der Waals surface area contributed by atoms with Gasteiger partial charge in [0.1, 0.15) is 4.83 Å². The Labute approximate surface area is 354 Å². The Bertz CT molecular complexity index is 3860. The molecule has 4 nitrogen and oxygen atoms in total. The number of rotatable bonds is 5. The lowest BCUT2D eigenvalue weighted by Gasteiger charge is -2.11. The monoisotopic (exact) mass is 794 g/mol. The highest BCUT2D eigenvalue weighted by Crippen LogP contribution is 2.45. The highest BCUT2D eigenvalue weighted by molar-refractivity contribution is 7.21. The van der Waals surface area contributed by atoms with E-state index in [4.69, 9.17) is 9.97 Å². The van der Waals surface area contributed by atoms with E-state index in [2.05, 4.69) is 215 Å². The fourth-order valence-corrected chi connectivity index (χ4v) is 10.7. The molecule has 0 amide bonds. The number of fused-ring (bicyclic) bond motifs is 11. The van der Waals surface area contributed by atoms with Crippen LogP contribution in [-0.2, 0) is 0 Å². The van der Waals surface area contributed by atoms with Crippen molar-refractivity contribution in [3.05, 3.63) is 206 Å². The summed E-state index contributed by atoms with van der Waals surface area (Å²) in [6, 6.07) is 74.4. The molecule has 61 heavy (non-hydrogen) atoms. The lowest BCUT2D eigenvalue weighted by Crippen LogP contribution is -2.02. The molecule has 0 spiro atoms. The number of hydrogen-bond acceptors (Lipinski definition) is 3. The van der Waals surface area contributed by atoms with E-state index < -0.39 is 0 Å². The minimum Gasteiger partial charge on any atom is -0.309 e. The molecule has 9 aromatic carbocycles. The van der Waals surface area contributed by atoms with Gasteiger partial charge >= 0.3 is 0 Å². The smallest absolute Gasteiger partial charge is 0.236 e. The Kier molecular flexibility index (Phi) is 7.44. The van der Waals surface area contributed by atoms with Crippen LogP contribution in [0.2, 0.25) is 0 Å². The van der Waals surface area contributed by atoms with Crippen molar-refractivity contribution in [3.8, 4) is 44.5 Å². The molecule has 0 saturated carbocycles. The van der Waals surface area contributed by atoms with Gasteiger partial charge in [0.05, 0.1) is 27.8 Å². The average Bonchev–Trinajstić information content (AvgIpc) is 4.02. The van der Waals surface area contributed by atoms with E-state index in [0.29, 0.717) is 5.95 Å². The van der Waals surface area contributed by atoms with Gasteiger partial charge in [-0.15, -0.1) is 11.3 Å². The lowest BCUT2D eigenvalue weighted by molar-refractivity contribution is 1.02. The van der Waals surface area contributed by atoms with Crippen LogP contribution in [0.5, 0.6) is 0 Å². The van der Waals surface area contributed by atoms with Crippen LogP contribution in [0.25, 0.3) is 120 Å². The van der Waals surface area contributed by atoms with Gasteiger partial charge in [-0.2, -0.15) is 0 Å². The van der Waals surface area contributed by atoms with Crippen molar-refractivity contribution in [3.63, 3.8) is 0 Å². The molecule has 13 aromatic rings. The minimum absolute atomic E-state index is 0.662. The van der Waals surface area contributed by atoms with E-state index in [1.165, 1.54) is 70.1 Å². The number of hydrogen-bond donors (Lipinski definition) is 0. The molecular formula is C56H34N4S. The first-order valence-corrected chi connectivity index (χ1v) is 21.5. The zero-order chi connectivity index (χ0) is 40.0. The van der Waals surface area contributed by atoms with Crippen LogP contribution in [0.3, 0.4) is 0 Å². The molecule has 0 aliphatic rings. The maximum Gasteiger partial charge on any atom is 0.236 e. The number of nitrogens with zero attached hydrogens (tertiary/aromatic N) is 4. The summed E-state index contributed by atoms with van der Waals surface area (Å²) in [5, 5.41) is 10.8. The molecule has 0 N–H and O–H groups in total. The molecule has 0 unspecified atom stereocenters. The summed E-state index contributed by atoms with van der Waals surface area (Å²) >= 11 is 1.72. The van der Waals surface area contributed by atoms with Crippen molar-refractivity contribution in [2.75, 3.05) is 0 Å². The number of para-hydroxylation sites is 1. The van der Waals surface area contributed by atoms with Gasteiger partial charge in [-0.05, 0) is 86.8 Å². The molecular weight excluding hydrogens is 761 g/mol. The molecule has 4 heterocycles. The fraction of sp³-hybridized carbons (Fsp3) is 0. The van der Waals surface area contributed by atoms with Gasteiger partial charge in [-0.25, -0.2) is 9.97 Å². The van der Waals surface area contributed by atoms with E-state index in [1.54, 1.807) is 11.3 Å². The molecule has 4 aromatic heterocycles. The third kappa shape index (κ3) is 5.18. The Morgan fingerprint density at radius 3 is 1.70 bits per heavy atom. The van der Waals surface area contributed by atoms with Gasteiger partial charge in [0, 0.05) is 43.1 Å². The lowest BCUT2D eigenvalue weighted by atomic mass is 9.95. The summed E-state index contributed by atoms with van der Waals surface area (Å²) in [6.45, 7) is 0. The highest BCUT2D eigenvalue weighted by Gasteiger charge is 2.23. The van der Waals surface area contributed by atoms with Gasteiger partial charge in [0.25, 0.3) is 0 Å². The van der Waals surface area contributed by atoms with Crippen molar-refractivity contribution < 1.29 is 0 Å². The average molecular weight is 795 g/mol. The zero-order valence-electron chi connectivity index (χ0n) is 32.8. The predicted molar refractivity (Wildman–Crippen MR) is 257 cm³/mol. The molecule has 0 aliphatic carbocycles. The maximum atomic E-state index is 5.47. The third-order valence-electron chi connectivity index (χ3n) is 12.3. The van der Waals surface area contributed by atoms with Gasteiger partial charge in [0.15, 0.2) is 0 Å². The van der Waals surface area contributed by atoms with Crippen molar-refractivity contribution >= 4 is 86.7 Å². The van der Waals surface area contributed by atoms with Crippen molar-refractivity contribution in [2.24, 2.45) is 0 Å². The van der Waals surface area contributed by atoms with Gasteiger partial charge < -0.3 is 4.57 Å². The molecule has 0 bridgehead atoms. The summed E-state index contributed by atoms with van der Waals surface area (Å²) < 4.78 is 4.70. The van der Waals surface area contributed by atoms with Gasteiger partial charge in [0.2, 0.25) is 5.95 Å². The van der Waals surface area contributed by atoms with Crippen molar-refractivity contribution in [2.45, 2.75) is 0 Å². The quantitative estimate of drug-likeness (QED) is 0.174. The van der Waals surface area contributed by atoms with Crippen LogP contribution in [0, 0.1) is 0 Å². The summed E-state index contributed by atoms with van der Waals surface area (Å²) in [5.41, 5.74) is 11.2. The largest absolute Gasteiger partial charge is 0.309 e. The topological polar surface area (TPSA) is 35.6 Å². The Balaban J connectivity index is 1.11. The molecule has 0 radical (unpaired) electrons. The maximum absolute atomic E-state index is 5.47. The van der Waals surface area contributed by atoms with Crippen molar-refractivity contribution in [1.82, 2.24) is 19.1 Å². The predicted octanol–water partition coefficient (Wildman–Crippen LogP) is 15.2. The second-order valence-electron chi connectivity index (χ2n) is 15.7. The van der Waals surface area contributed by atoms with Crippen LogP contribution >= 0.6 is 11.3 Å². The van der Waals surface area contributed by atoms with Crippen LogP contribution in [0.1, 0.15) is 0 Å². The molecule has 5 heteroatoms. The Hall–Kier alpha value is -7.86. The minimum atomic E-state index is 0.662. The van der Waals surface area contributed by atoms with Crippen LogP contribution in [-0.4, -0.2) is 19.1 Å². The van der Waals surface area contributed by atoms with E-state index in [0.717, 1.165) is 43.8 Å². The summed E-state index contributed by atoms with van der Waals surface area (Å²) in [5.74, 6) is 0.662. The molecule has 0 saturated heterocycles. The molecule has 0 aliphatic heterocycles. The summed E-state index contributed by atoms with van der Waals surface area (Å²) in [4.78, 5) is 13.0. The number of aromatic nitrogens is 4. The summed E-state index contributed by atoms with van der Waals surface area (Å²) in [7, 11) is 0. The second-order valence-corrected chi connectivity index (χ2v) is 16.8. The first-order valence-electron chi connectivity index (χ1n) is 20.7. The standard InChI is InChI=1S/C56H34N4S/c1-4-17-37(18-5-1)50-34-45-54(38-19-6-2-7-20-38)57-56(58-55(45)61-50)60-46-30-29-39(33-44(46)51-41-23-12-10-15-35(41)27-31-48(51)60)43-25-14-26-47-53(43)52-42-24-13-11-16-36(42)28-32-49(52)59(47)40-21-8-3-9-22-40/h1-34H. The first kappa shape index (κ1) is 34.0. The normalized spacial score (nSPS) is 11.9. The summed E-state index contributed by atoms with van der Waals surface area (Å²) in [6.07, 6.45) is 0. The molecule has 13 rings (SSSR count). The number of thiophene rings is 1. The van der Waals surface area contributed by atoms with Crippen LogP contribution in [0.15, 0.2) is 206 Å². The number of benzene rings is 9. The molecule has 284 valence electrons. The Morgan fingerprint density at radius 1 is 0.361 bits per heavy atom. The molecule has 0 fully saturated rings. The first-order chi connectivity index (χ1) is 30.3. The van der Waals surface area contributed by atoms with Gasteiger partial charge in [-0.3, -0.25) is 4.57 Å². The second kappa shape index (κ2) is 13.3. The van der Waals surface area contributed by atoms with E-state index >= 15 is 0 Å². The van der Waals surface area contributed by atoms with Gasteiger partial charge in [-0.1, -0.05) is 158 Å². The zero-order valence-corrected chi connectivity index (χ0v) is 33.6. The van der Waals surface area contributed by atoms with Crippen LogP contribution in [0.4, 0.5) is 0 Å². The fourth-order valence-electron chi connectivity index (χ4n) is 9.67. The van der Waals surface area contributed by atoms with E-state index in [-0.39, 0.29) is 0 Å². The van der Waals surface area contributed by atoms with Crippen LogP contribution < -0.4 is 0 Å². The Morgan fingerprint density at radius 2 is 0.967 bits per heavy atom. The van der Waals surface area contributed by atoms with Crippen molar-refractivity contribution in [1.29, 1.82) is 0 Å². The SMILES string of the molecule is c1ccc(-c2cc3c(-c4ccccc4)nc(-n4c5ccc(-c6cccc7c6c6c8ccccc8ccc6n7-c6ccccc6)cc5c5c6ccccc6ccc54)nc3s2)cc1.